The normalized spacial score (nSPS) is 23.9. The van der Waals surface area contributed by atoms with Gasteiger partial charge in [0.1, 0.15) is 5.60 Å². The molecule has 204 valence electrons. The molecule has 1 aliphatic carbocycles. The smallest absolute Gasteiger partial charge is 0.456 e. The third kappa shape index (κ3) is 6.61. The van der Waals surface area contributed by atoms with Crippen molar-refractivity contribution >= 4 is 18.8 Å². The first-order chi connectivity index (χ1) is 17.1. The lowest BCUT2D eigenvalue weighted by molar-refractivity contribution is 0.00578. The van der Waals surface area contributed by atoms with E-state index >= 15 is 0 Å². The molecule has 1 aromatic carbocycles. The van der Waals surface area contributed by atoms with Crippen molar-refractivity contribution in [2.75, 3.05) is 37.6 Å². The third-order valence-electron chi connectivity index (χ3n) is 8.42. The zero-order valence-corrected chi connectivity index (χ0v) is 24.6. The second-order valence-corrected chi connectivity index (χ2v) is 13.9. The average molecular weight is 511 g/mol. The van der Waals surface area contributed by atoms with E-state index < -0.39 is 5.60 Å². The van der Waals surface area contributed by atoms with Gasteiger partial charge in [0.05, 0.1) is 16.8 Å². The van der Waals surface area contributed by atoms with E-state index in [0.29, 0.717) is 5.56 Å². The fourth-order valence-electron chi connectivity index (χ4n) is 5.37. The second-order valence-electron chi connectivity index (χ2n) is 13.9. The molecule has 0 radical (unpaired) electrons. The van der Waals surface area contributed by atoms with Gasteiger partial charge in [-0.15, -0.1) is 0 Å². The van der Waals surface area contributed by atoms with Gasteiger partial charge in [-0.2, -0.15) is 0 Å². The molecule has 6 nitrogen and oxygen atoms in total. The van der Waals surface area contributed by atoms with Crippen LogP contribution in [0.2, 0.25) is 0 Å². The molecule has 0 bridgehead atoms. The monoisotopic (exact) mass is 510 g/mol. The number of esters is 1. The quantitative estimate of drug-likeness (QED) is 0.363. The number of hydrogen-bond donors (Lipinski definition) is 0. The van der Waals surface area contributed by atoms with Gasteiger partial charge in [-0.3, -0.25) is 4.90 Å². The lowest BCUT2D eigenvalue weighted by atomic mass is 9.62. The molecule has 1 aromatic rings. The number of carbonyl (C=O) groups excluding carboxylic acids is 1. The first-order valence-electron chi connectivity index (χ1n) is 13.9. The molecule has 4 rings (SSSR count). The van der Waals surface area contributed by atoms with Crippen LogP contribution in [-0.2, 0) is 14.0 Å². The van der Waals surface area contributed by atoms with Crippen molar-refractivity contribution < 1.29 is 18.8 Å². The summed E-state index contributed by atoms with van der Waals surface area (Å²) in [4.78, 5) is 17.3. The first-order valence-corrected chi connectivity index (χ1v) is 13.9. The van der Waals surface area contributed by atoms with Gasteiger partial charge in [-0.05, 0) is 103 Å². The maximum Gasteiger partial charge on any atom is 0.490 e. The van der Waals surface area contributed by atoms with E-state index in [-0.39, 0.29) is 29.7 Å². The van der Waals surface area contributed by atoms with Crippen LogP contribution >= 0.6 is 0 Å². The second kappa shape index (κ2) is 10.1. The lowest BCUT2D eigenvalue weighted by Crippen LogP contribution is -2.47. The van der Waals surface area contributed by atoms with Crippen LogP contribution in [0.1, 0.15) is 91.9 Å². The van der Waals surface area contributed by atoms with E-state index in [1.54, 1.807) is 0 Å². The number of nitrogens with zero attached hydrogens (tertiary/aromatic N) is 2. The van der Waals surface area contributed by atoms with Gasteiger partial charge in [-0.1, -0.05) is 19.4 Å². The summed E-state index contributed by atoms with van der Waals surface area (Å²) in [6.45, 7) is 23.9. The van der Waals surface area contributed by atoms with Crippen molar-refractivity contribution in [3.63, 3.8) is 0 Å². The van der Waals surface area contributed by atoms with Gasteiger partial charge in [0, 0.05) is 38.4 Å². The summed E-state index contributed by atoms with van der Waals surface area (Å²) >= 11 is 0. The standard InChI is InChI=1S/C30H47BN2O4/c1-27(2,3)35-26(34)22-10-12-24(13-11-22)33-18-16-32(17-19-33)21-23-14-15-28(4,5)20-25(23)31-36-29(6,7)30(8,9)37-31/h10-13H,14-21H2,1-9H3. The number of hydrogen-bond acceptors (Lipinski definition) is 6. The highest BCUT2D eigenvalue weighted by molar-refractivity contribution is 6.54. The molecular formula is C30H47BN2O4. The Labute approximate surface area is 224 Å². The average Bonchev–Trinajstić information content (AvgIpc) is 3.01. The summed E-state index contributed by atoms with van der Waals surface area (Å²) in [7, 11) is -0.246. The molecule has 0 aromatic heterocycles. The fourth-order valence-corrected chi connectivity index (χ4v) is 5.37. The minimum absolute atomic E-state index is 0.246. The summed E-state index contributed by atoms with van der Waals surface area (Å²) in [6, 6.07) is 7.83. The van der Waals surface area contributed by atoms with Crippen LogP contribution in [0.4, 0.5) is 5.69 Å². The van der Waals surface area contributed by atoms with Gasteiger partial charge in [0.2, 0.25) is 0 Å². The maximum atomic E-state index is 12.3. The van der Waals surface area contributed by atoms with Crippen LogP contribution in [0.25, 0.3) is 0 Å². The Morgan fingerprint density at radius 2 is 1.51 bits per heavy atom. The van der Waals surface area contributed by atoms with Crippen LogP contribution in [0.5, 0.6) is 0 Å². The molecule has 7 heteroatoms. The van der Waals surface area contributed by atoms with Crippen molar-refractivity contribution in [1.82, 2.24) is 4.90 Å². The van der Waals surface area contributed by atoms with Crippen molar-refractivity contribution in [3.05, 3.63) is 40.9 Å². The Balaban J connectivity index is 1.39. The van der Waals surface area contributed by atoms with Gasteiger partial charge in [0.25, 0.3) is 0 Å². The Bertz CT molecular complexity index is 999. The van der Waals surface area contributed by atoms with E-state index in [1.165, 1.54) is 17.5 Å². The number of benzene rings is 1. The number of allylic oxidation sites excluding steroid dienone is 1. The van der Waals surface area contributed by atoms with Crippen LogP contribution in [0, 0.1) is 5.41 Å². The van der Waals surface area contributed by atoms with Crippen LogP contribution in [0.3, 0.4) is 0 Å². The minimum atomic E-state index is -0.488. The first kappa shape index (κ1) is 28.2. The van der Waals surface area contributed by atoms with E-state index in [9.17, 15) is 4.79 Å². The van der Waals surface area contributed by atoms with Crippen LogP contribution in [0.15, 0.2) is 35.3 Å². The van der Waals surface area contributed by atoms with Crippen LogP contribution < -0.4 is 4.90 Å². The summed E-state index contributed by atoms with van der Waals surface area (Å²) in [5.41, 5.74) is 3.78. The number of carbonyl (C=O) groups is 1. The Morgan fingerprint density at radius 3 is 2.05 bits per heavy atom. The SMILES string of the molecule is CC1(C)CCC(CN2CCN(c3ccc(C(=O)OC(C)(C)C)cc3)CC2)=C(B2OC(C)(C)C(C)(C)O2)C1. The van der Waals surface area contributed by atoms with E-state index in [0.717, 1.165) is 51.3 Å². The molecule has 2 saturated heterocycles. The fraction of sp³-hybridized carbons (Fsp3) is 0.700. The maximum absolute atomic E-state index is 12.3. The number of ether oxygens (including phenoxy) is 1. The van der Waals surface area contributed by atoms with Gasteiger partial charge in [0.15, 0.2) is 0 Å². The molecule has 3 aliphatic rings. The molecule has 2 aliphatic heterocycles. The number of rotatable bonds is 5. The molecule has 0 N–H and O–H groups in total. The summed E-state index contributed by atoms with van der Waals surface area (Å²) in [5, 5.41) is 0. The minimum Gasteiger partial charge on any atom is -0.456 e. The highest BCUT2D eigenvalue weighted by Crippen LogP contribution is 2.45. The molecule has 37 heavy (non-hydrogen) atoms. The molecule has 0 spiro atoms. The highest BCUT2D eigenvalue weighted by atomic mass is 16.7. The lowest BCUT2D eigenvalue weighted by Gasteiger charge is -2.39. The highest BCUT2D eigenvalue weighted by Gasteiger charge is 2.53. The molecule has 2 heterocycles. The Morgan fingerprint density at radius 1 is 0.946 bits per heavy atom. The van der Waals surface area contributed by atoms with Crippen molar-refractivity contribution in [2.45, 2.75) is 98.4 Å². The van der Waals surface area contributed by atoms with Gasteiger partial charge in [-0.25, -0.2) is 4.79 Å². The summed E-state index contributed by atoms with van der Waals surface area (Å²) < 4.78 is 18.5. The molecule has 0 atom stereocenters. The van der Waals surface area contributed by atoms with E-state index in [1.807, 2.05) is 45.0 Å². The number of anilines is 1. The largest absolute Gasteiger partial charge is 0.490 e. The van der Waals surface area contributed by atoms with Gasteiger partial charge >= 0.3 is 13.1 Å². The Kier molecular flexibility index (Phi) is 7.66. The topological polar surface area (TPSA) is 51.2 Å². The van der Waals surface area contributed by atoms with Gasteiger partial charge < -0.3 is 18.9 Å². The third-order valence-corrected chi connectivity index (χ3v) is 8.42. The molecule has 0 unspecified atom stereocenters. The van der Waals surface area contributed by atoms with E-state index in [2.05, 4.69) is 51.3 Å². The predicted molar refractivity (Wildman–Crippen MR) is 151 cm³/mol. The summed E-state index contributed by atoms with van der Waals surface area (Å²) in [5.74, 6) is -0.273. The number of piperazine rings is 1. The predicted octanol–water partition coefficient (Wildman–Crippen LogP) is 5.90. The molecular weight excluding hydrogens is 463 g/mol. The van der Waals surface area contributed by atoms with Crippen molar-refractivity contribution in [3.8, 4) is 0 Å². The van der Waals surface area contributed by atoms with Crippen LogP contribution in [-0.4, -0.2) is 67.5 Å². The molecule has 0 saturated carbocycles. The summed E-state index contributed by atoms with van der Waals surface area (Å²) in [6.07, 6.45) is 3.34. The van der Waals surface area contributed by atoms with Crippen molar-refractivity contribution in [1.29, 1.82) is 0 Å². The molecule has 0 amide bonds. The Hall–Kier alpha value is -1.83. The zero-order chi connectivity index (χ0) is 27.2. The van der Waals surface area contributed by atoms with E-state index in [4.69, 9.17) is 14.0 Å². The zero-order valence-electron chi connectivity index (χ0n) is 24.6. The molecule has 2 fully saturated rings. The van der Waals surface area contributed by atoms with Crippen molar-refractivity contribution in [2.24, 2.45) is 5.41 Å².